The second-order valence-electron chi connectivity index (χ2n) is 6.56. The summed E-state index contributed by atoms with van der Waals surface area (Å²) >= 11 is 1.43. The zero-order valence-corrected chi connectivity index (χ0v) is 17.5. The van der Waals surface area contributed by atoms with Crippen molar-refractivity contribution in [3.63, 3.8) is 0 Å². The molecule has 8 nitrogen and oxygen atoms in total. The lowest BCUT2D eigenvalue weighted by Crippen LogP contribution is -2.51. The van der Waals surface area contributed by atoms with Crippen molar-refractivity contribution in [3.8, 4) is 11.5 Å². The van der Waals surface area contributed by atoms with E-state index in [9.17, 15) is 9.59 Å². The Morgan fingerprint density at radius 3 is 2.48 bits per heavy atom. The summed E-state index contributed by atoms with van der Waals surface area (Å²) in [6, 6.07) is 8.83. The Labute approximate surface area is 174 Å². The third kappa shape index (κ3) is 5.61. The largest absolute Gasteiger partial charge is 0.493 e. The van der Waals surface area contributed by atoms with Gasteiger partial charge in [-0.1, -0.05) is 6.07 Å². The van der Waals surface area contributed by atoms with Crippen LogP contribution >= 0.6 is 11.3 Å². The van der Waals surface area contributed by atoms with Crippen LogP contribution in [0.3, 0.4) is 0 Å². The number of carbonyl (C=O) groups is 2. The summed E-state index contributed by atoms with van der Waals surface area (Å²) in [5, 5.41) is 7.73. The number of carbonyl (C=O) groups excluding carboxylic acids is 2. The van der Waals surface area contributed by atoms with Crippen LogP contribution in [0.25, 0.3) is 0 Å². The van der Waals surface area contributed by atoms with Gasteiger partial charge in [0.15, 0.2) is 11.5 Å². The molecular formula is C20H26N4O4S. The number of nitrogens with one attached hydrogen (secondary N) is 2. The minimum atomic E-state index is -0.136. The summed E-state index contributed by atoms with van der Waals surface area (Å²) in [5.74, 6) is 1.15. The molecule has 1 aromatic heterocycles. The Morgan fingerprint density at radius 1 is 1.07 bits per heavy atom. The molecule has 0 saturated carbocycles. The highest BCUT2D eigenvalue weighted by atomic mass is 32.1. The first-order chi connectivity index (χ1) is 14.1. The van der Waals surface area contributed by atoms with Crippen LogP contribution in [0.2, 0.25) is 0 Å². The number of anilines is 1. The normalized spacial score (nSPS) is 14.3. The van der Waals surface area contributed by atoms with Gasteiger partial charge in [0.25, 0.3) is 5.91 Å². The SMILES string of the molecule is COc1ccc(NC(=O)N2CCN(CCNC(=O)c3cccs3)CC2)cc1OC. The molecule has 156 valence electrons. The van der Waals surface area contributed by atoms with Gasteiger partial charge >= 0.3 is 6.03 Å². The lowest BCUT2D eigenvalue weighted by Gasteiger charge is -2.34. The third-order valence-corrected chi connectivity index (χ3v) is 5.62. The topological polar surface area (TPSA) is 83.1 Å². The Balaban J connectivity index is 1.41. The Morgan fingerprint density at radius 2 is 1.83 bits per heavy atom. The number of benzene rings is 1. The van der Waals surface area contributed by atoms with Crippen LogP contribution in [0, 0.1) is 0 Å². The molecule has 2 N–H and O–H groups in total. The monoisotopic (exact) mass is 418 g/mol. The van der Waals surface area contributed by atoms with Gasteiger partial charge in [-0.05, 0) is 23.6 Å². The van der Waals surface area contributed by atoms with Gasteiger partial charge in [0.2, 0.25) is 0 Å². The van der Waals surface area contributed by atoms with Crippen LogP contribution in [0.5, 0.6) is 11.5 Å². The molecule has 1 aliphatic heterocycles. The molecule has 0 radical (unpaired) electrons. The van der Waals surface area contributed by atoms with Crippen molar-refractivity contribution in [1.82, 2.24) is 15.1 Å². The molecule has 1 aliphatic rings. The number of ether oxygens (including phenoxy) is 2. The molecule has 1 fully saturated rings. The van der Waals surface area contributed by atoms with Gasteiger partial charge in [0, 0.05) is 51.0 Å². The zero-order valence-electron chi connectivity index (χ0n) is 16.6. The van der Waals surface area contributed by atoms with Gasteiger partial charge in [-0.25, -0.2) is 4.79 Å². The van der Waals surface area contributed by atoms with E-state index in [1.165, 1.54) is 11.3 Å². The molecule has 3 rings (SSSR count). The number of thiophene rings is 1. The Hall–Kier alpha value is -2.78. The summed E-state index contributed by atoms with van der Waals surface area (Å²) in [4.78, 5) is 29.2. The highest BCUT2D eigenvalue weighted by Crippen LogP contribution is 2.29. The summed E-state index contributed by atoms with van der Waals surface area (Å²) in [6.45, 7) is 4.18. The maximum atomic E-state index is 12.5. The van der Waals surface area contributed by atoms with E-state index < -0.39 is 0 Å². The molecule has 9 heteroatoms. The first kappa shape index (κ1) is 20.9. The fraction of sp³-hybridized carbons (Fsp3) is 0.400. The van der Waals surface area contributed by atoms with Crippen molar-refractivity contribution in [3.05, 3.63) is 40.6 Å². The average Bonchev–Trinajstić information content (AvgIpc) is 3.29. The first-order valence-corrected chi connectivity index (χ1v) is 10.3. The molecule has 1 aromatic carbocycles. The fourth-order valence-electron chi connectivity index (χ4n) is 3.11. The lowest BCUT2D eigenvalue weighted by atomic mass is 10.2. The third-order valence-electron chi connectivity index (χ3n) is 4.75. The van der Waals surface area contributed by atoms with Gasteiger partial charge < -0.3 is 25.0 Å². The molecule has 2 heterocycles. The molecule has 1 saturated heterocycles. The molecule has 2 aromatic rings. The van der Waals surface area contributed by atoms with E-state index in [-0.39, 0.29) is 11.9 Å². The fourth-order valence-corrected chi connectivity index (χ4v) is 3.75. The Bertz CT molecular complexity index is 820. The predicted molar refractivity (Wildman–Crippen MR) is 113 cm³/mol. The van der Waals surface area contributed by atoms with E-state index >= 15 is 0 Å². The summed E-state index contributed by atoms with van der Waals surface area (Å²) in [5.41, 5.74) is 0.659. The quantitative estimate of drug-likeness (QED) is 0.721. The van der Waals surface area contributed by atoms with Crippen LogP contribution in [0.1, 0.15) is 9.67 Å². The van der Waals surface area contributed by atoms with Gasteiger partial charge in [0.05, 0.1) is 19.1 Å². The molecular weight excluding hydrogens is 392 g/mol. The molecule has 0 atom stereocenters. The van der Waals surface area contributed by atoms with E-state index in [4.69, 9.17) is 9.47 Å². The van der Waals surface area contributed by atoms with Crippen molar-refractivity contribution in [1.29, 1.82) is 0 Å². The van der Waals surface area contributed by atoms with Crippen molar-refractivity contribution in [2.24, 2.45) is 0 Å². The van der Waals surface area contributed by atoms with Crippen LogP contribution in [0.4, 0.5) is 10.5 Å². The number of methoxy groups -OCH3 is 2. The van der Waals surface area contributed by atoms with Gasteiger partial charge in [0.1, 0.15) is 0 Å². The molecule has 3 amide bonds. The molecule has 0 bridgehead atoms. The van der Waals surface area contributed by atoms with E-state index in [2.05, 4.69) is 15.5 Å². The second-order valence-corrected chi connectivity index (χ2v) is 7.51. The van der Waals surface area contributed by atoms with Crippen LogP contribution in [-0.4, -0.2) is 75.2 Å². The van der Waals surface area contributed by atoms with Gasteiger partial charge in [-0.15, -0.1) is 11.3 Å². The van der Waals surface area contributed by atoms with Crippen molar-refractivity contribution < 1.29 is 19.1 Å². The highest BCUT2D eigenvalue weighted by Gasteiger charge is 2.21. The number of urea groups is 1. The number of piperazine rings is 1. The van der Waals surface area contributed by atoms with E-state index in [0.717, 1.165) is 24.5 Å². The molecule has 0 spiro atoms. The molecule has 0 unspecified atom stereocenters. The van der Waals surface area contributed by atoms with Crippen LogP contribution in [-0.2, 0) is 0 Å². The van der Waals surface area contributed by atoms with Crippen molar-refractivity contribution in [2.75, 3.05) is 58.8 Å². The number of amides is 3. The summed E-state index contributed by atoms with van der Waals surface area (Å²) < 4.78 is 10.5. The van der Waals surface area contributed by atoms with Gasteiger partial charge in [-0.3, -0.25) is 9.69 Å². The highest BCUT2D eigenvalue weighted by molar-refractivity contribution is 7.12. The van der Waals surface area contributed by atoms with Crippen molar-refractivity contribution in [2.45, 2.75) is 0 Å². The average molecular weight is 419 g/mol. The number of hydrogen-bond acceptors (Lipinski definition) is 6. The smallest absolute Gasteiger partial charge is 0.321 e. The maximum Gasteiger partial charge on any atom is 0.321 e. The first-order valence-electron chi connectivity index (χ1n) is 9.42. The minimum Gasteiger partial charge on any atom is -0.493 e. The standard InChI is InChI=1S/C20H26N4O4S/c1-27-16-6-5-15(14-17(16)28-2)22-20(26)24-11-9-23(10-12-24)8-7-21-19(25)18-4-3-13-29-18/h3-6,13-14H,7-12H2,1-2H3,(H,21,25)(H,22,26). The Kier molecular flexibility index (Phi) is 7.31. The van der Waals surface area contributed by atoms with E-state index in [1.54, 1.807) is 37.3 Å². The lowest BCUT2D eigenvalue weighted by molar-refractivity contribution is 0.0946. The van der Waals surface area contributed by atoms with Crippen LogP contribution in [0.15, 0.2) is 35.7 Å². The molecule has 0 aliphatic carbocycles. The number of rotatable bonds is 7. The van der Waals surface area contributed by atoms with E-state index in [0.29, 0.717) is 36.8 Å². The maximum absolute atomic E-state index is 12.5. The van der Waals surface area contributed by atoms with E-state index in [1.807, 2.05) is 17.5 Å². The number of hydrogen-bond donors (Lipinski definition) is 2. The number of nitrogens with zero attached hydrogens (tertiary/aromatic N) is 2. The second kappa shape index (κ2) is 10.1. The van der Waals surface area contributed by atoms with Crippen molar-refractivity contribution >= 4 is 29.0 Å². The minimum absolute atomic E-state index is 0.0343. The van der Waals surface area contributed by atoms with Gasteiger partial charge in [-0.2, -0.15) is 0 Å². The zero-order chi connectivity index (χ0) is 20.6. The molecule has 29 heavy (non-hydrogen) atoms. The summed E-state index contributed by atoms with van der Waals surface area (Å²) in [6.07, 6.45) is 0. The van der Waals surface area contributed by atoms with Crippen LogP contribution < -0.4 is 20.1 Å². The predicted octanol–water partition coefficient (Wildman–Crippen LogP) is 2.34. The summed E-state index contributed by atoms with van der Waals surface area (Å²) in [7, 11) is 3.13.